The number of anilines is 2. The first-order chi connectivity index (χ1) is 14.0. The first kappa shape index (κ1) is 23.7. The molecule has 11 heteroatoms. The Morgan fingerprint density at radius 2 is 1.77 bits per heavy atom. The topological polar surface area (TPSA) is 108 Å². The van der Waals surface area contributed by atoms with Crippen molar-refractivity contribution in [1.82, 2.24) is 5.43 Å². The molecule has 8 nitrogen and oxygen atoms in total. The van der Waals surface area contributed by atoms with Gasteiger partial charge in [-0.25, -0.2) is 13.8 Å². The standard InChI is InChI=1S/C19H20Cl2N4O4S/c1-12(14-5-4-6-15(9-14)22-13(2)26)23-24-19(27)11-25(30(3,28)29)16-7-8-17(20)18(21)10-16/h4-10H,11H2,1-3H3,(H,22,26)(H,24,27)/b23-12-. The summed E-state index contributed by atoms with van der Waals surface area (Å²) in [5.41, 5.74) is 4.26. The third kappa shape index (κ3) is 6.72. The highest BCUT2D eigenvalue weighted by molar-refractivity contribution is 7.92. The van der Waals surface area contributed by atoms with Crippen LogP contribution in [0.2, 0.25) is 10.0 Å². The first-order valence-electron chi connectivity index (χ1n) is 8.61. The third-order valence-electron chi connectivity index (χ3n) is 3.83. The van der Waals surface area contributed by atoms with Crippen molar-refractivity contribution in [2.45, 2.75) is 13.8 Å². The van der Waals surface area contributed by atoms with Crippen LogP contribution in [0, 0.1) is 0 Å². The molecule has 2 rings (SSSR count). The number of nitrogens with one attached hydrogen (secondary N) is 2. The Kier molecular flexibility index (Phi) is 7.83. The van der Waals surface area contributed by atoms with Crippen molar-refractivity contribution in [3.8, 4) is 0 Å². The number of rotatable bonds is 7. The molecule has 2 amide bonds. The fourth-order valence-electron chi connectivity index (χ4n) is 2.44. The number of hydrogen-bond donors (Lipinski definition) is 2. The van der Waals surface area contributed by atoms with Gasteiger partial charge in [-0.3, -0.25) is 13.9 Å². The van der Waals surface area contributed by atoms with Gasteiger partial charge < -0.3 is 5.32 Å². The summed E-state index contributed by atoms with van der Waals surface area (Å²) in [5, 5.41) is 7.10. The van der Waals surface area contributed by atoms with Crippen molar-refractivity contribution in [3.05, 3.63) is 58.1 Å². The maximum atomic E-state index is 12.3. The predicted octanol–water partition coefficient (Wildman–Crippen LogP) is 3.26. The van der Waals surface area contributed by atoms with Crippen LogP contribution in [0.5, 0.6) is 0 Å². The summed E-state index contributed by atoms with van der Waals surface area (Å²) in [6, 6.07) is 11.2. The summed E-state index contributed by atoms with van der Waals surface area (Å²) >= 11 is 11.8. The number of nitrogens with zero attached hydrogens (tertiary/aromatic N) is 2. The Balaban J connectivity index is 2.15. The number of carbonyl (C=O) groups is 2. The quantitative estimate of drug-likeness (QED) is 0.477. The Labute approximate surface area is 184 Å². The van der Waals surface area contributed by atoms with Gasteiger partial charge in [0.1, 0.15) is 6.54 Å². The zero-order valence-electron chi connectivity index (χ0n) is 16.4. The van der Waals surface area contributed by atoms with E-state index >= 15 is 0 Å². The molecule has 0 aliphatic rings. The van der Waals surface area contributed by atoms with Crippen LogP contribution in [-0.2, 0) is 19.6 Å². The van der Waals surface area contributed by atoms with Crippen LogP contribution < -0.4 is 15.0 Å². The minimum absolute atomic E-state index is 0.163. The fourth-order valence-corrected chi connectivity index (χ4v) is 3.58. The molecule has 0 aliphatic heterocycles. The minimum atomic E-state index is -3.77. The monoisotopic (exact) mass is 470 g/mol. The van der Waals surface area contributed by atoms with Gasteiger partial charge in [-0.1, -0.05) is 35.3 Å². The van der Waals surface area contributed by atoms with Crippen molar-refractivity contribution in [1.29, 1.82) is 0 Å². The Morgan fingerprint density at radius 1 is 1.07 bits per heavy atom. The second-order valence-corrected chi connectivity index (χ2v) is 9.08. The number of sulfonamides is 1. The molecule has 0 heterocycles. The molecule has 0 atom stereocenters. The molecule has 0 spiro atoms. The Bertz CT molecular complexity index is 1100. The number of benzene rings is 2. The molecule has 2 aromatic carbocycles. The number of carbonyl (C=O) groups excluding carboxylic acids is 2. The largest absolute Gasteiger partial charge is 0.326 e. The second kappa shape index (κ2) is 9.92. The molecule has 30 heavy (non-hydrogen) atoms. The van der Waals surface area contributed by atoms with Gasteiger partial charge in [0.2, 0.25) is 15.9 Å². The van der Waals surface area contributed by atoms with E-state index in [1.807, 2.05) is 0 Å². The van der Waals surface area contributed by atoms with E-state index in [4.69, 9.17) is 23.2 Å². The van der Waals surface area contributed by atoms with Gasteiger partial charge in [0.05, 0.1) is 27.7 Å². The van der Waals surface area contributed by atoms with Gasteiger partial charge in [-0.15, -0.1) is 0 Å². The lowest BCUT2D eigenvalue weighted by Crippen LogP contribution is -2.39. The van der Waals surface area contributed by atoms with Crippen LogP contribution in [0.25, 0.3) is 0 Å². The summed E-state index contributed by atoms with van der Waals surface area (Å²) in [6.07, 6.45) is 0.977. The van der Waals surface area contributed by atoms with Gasteiger partial charge in [0.15, 0.2) is 0 Å². The molecule has 2 aromatic rings. The highest BCUT2D eigenvalue weighted by Gasteiger charge is 2.21. The molecule has 0 aromatic heterocycles. The van der Waals surface area contributed by atoms with Crippen LogP contribution in [0.15, 0.2) is 47.6 Å². The van der Waals surface area contributed by atoms with E-state index in [1.54, 1.807) is 31.2 Å². The van der Waals surface area contributed by atoms with E-state index in [9.17, 15) is 18.0 Å². The number of hydrogen-bond acceptors (Lipinski definition) is 5. The molecule has 0 bridgehead atoms. The van der Waals surface area contributed by atoms with E-state index in [-0.39, 0.29) is 21.6 Å². The lowest BCUT2D eigenvalue weighted by molar-refractivity contribution is -0.119. The Hall–Kier alpha value is -2.62. The number of halogens is 2. The molecular weight excluding hydrogens is 451 g/mol. The highest BCUT2D eigenvalue weighted by atomic mass is 35.5. The first-order valence-corrected chi connectivity index (χ1v) is 11.2. The summed E-state index contributed by atoms with van der Waals surface area (Å²) < 4.78 is 25.2. The van der Waals surface area contributed by atoms with Crippen LogP contribution in [0.1, 0.15) is 19.4 Å². The number of amides is 2. The van der Waals surface area contributed by atoms with Crippen LogP contribution in [0.3, 0.4) is 0 Å². The normalized spacial score (nSPS) is 11.7. The summed E-state index contributed by atoms with van der Waals surface area (Å²) in [6.45, 7) is 2.56. The summed E-state index contributed by atoms with van der Waals surface area (Å²) in [7, 11) is -3.77. The van der Waals surface area contributed by atoms with Crippen molar-refractivity contribution in [3.63, 3.8) is 0 Å². The van der Waals surface area contributed by atoms with Crippen molar-refractivity contribution in [2.24, 2.45) is 5.10 Å². The minimum Gasteiger partial charge on any atom is -0.326 e. The third-order valence-corrected chi connectivity index (χ3v) is 5.71. The highest BCUT2D eigenvalue weighted by Crippen LogP contribution is 2.28. The average Bonchev–Trinajstić information content (AvgIpc) is 2.65. The lowest BCUT2D eigenvalue weighted by Gasteiger charge is -2.21. The lowest BCUT2D eigenvalue weighted by atomic mass is 10.1. The molecule has 2 N–H and O–H groups in total. The molecule has 0 unspecified atom stereocenters. The second-order valence-electron chi connectivity index (χ2n) is 6.36. The van der Waals surface area contributed by atoms with Crippen molar-refractivity contribution >= 4 is 62.1 Å². The van der Waals surface area contributed by atoms with E-state index in [0.29, 0.717) is 17.0 Å². The molecule has 0 saturated heterocycles. The van der Waals surface area contributed by atoms with Crippen molar-refractivity contribution in [2.75, 3.05) is 22.4 Å². The maximum absolute atomic E-state index is 12.3. The molecule has 160 valence electrons. The van der Waals surface area contributed by atoms with E-state index in [2.05, 4.69) is 15.8 Å². The summed E-state index contributed by atoms with van der Waals surface area (Å²) in [4.78, 5) is 23.5. The van der Waals surface area contributed by atoms with Crippen molar-refractivity contribution < 1.29 is 18.0 Å². The van der Waals surface area contributed by atoms with Crippen LogP contribution in [0.4, 0.5) is 11.4 Å². The Morgan fingerprint density at radius 3 is 2.37 bits per heavy atom. The predicted molar refractivity (Wildman–Crippen MR) is 120 cm³/mol. The van der Waals surface area contributed by atoms with Gasteiger partial charge in [0.25, 0.3) is 5.91 Å². The summed E-state index contributed by atoms with van der Waals surface area (Å²) in [5.74, 6) is -0.859. The molecular formula is C19H20Cl2N4O4S. The zero-order valence-corrected chi connectivity index (χ0v) is 18.8. The van der Waals surface area contributed by atoms with Crippen LogP contribution in [-0.4, -0.2) is 38.7 Å². The molecule has 0 aliphatic carbocycles. The van der Waals surface area contributed by atoms with Gasteiger partial charge in [-0.05, 0) is 42.8 Å². The zero-order chi connectivity index (χ0) is 22.5. The maximum Gasteiger partial charge on any atom is 0.260 e. The van der Waals surface area contributed by atoms with E-state index < -0.39 is 22.5 Å². The van der Waals surface area contributed by atoms with Crippen LogP contribution >= 0.6 is 23.2 Å². The molecule has 0 radical (unpaired) electrons. The van der Waals surface area contributed by atoms with E-state index in [0.717, 1.165) is 10.6 Å². The van der Waals surface area contributed by atoms with Gasteiger partial charge >= 0.3 is 0 Å². The fraction of sp³-hybridized carbons (Fsp3) is 0.211. The van der Waals surface area contributed by atoms with E-state index in [1.165, 1.54) is 25.1 Å². The van der Waals surface area contributed by atoms with Gasteiger partial charge in [-0.2, -0.15) is 5.10 Å². The SMILES string of the molecule is CC(=O)Nc1cccc(/C(C)=N\NC(=O)CN(c2ccc(Cl)c(Cl)c2)S(C)(=O)=O)c1. The molecule has 0 fully saturated rings. The average molecular weight is 471 g/mol. The number of hydrazone groups is 1. The van der Waals surface area contributed by atoms with Gasteiger partial charge in [0, 0.05) is 12.6 Å². The smallest absolute Gasteiger partial charge is 0.260 e. The molecule has 0 saturated carbocycles.